The minimum absolute atomic E-state index is 0.140. The van der Waals surface area contributed by atoms with E-state index in [2.05, 4.69) is 4.98 Å². The van der Waals surface area contributed by atoms with Gasteiger partial charge in [0, 0.05) is 5.69 Å². The zero-order chi connectivity index (χ0) is 23.3. The molecule has 0 bridgehead atoms. The number of nitriles is 1. The third kappa shape index (κ3) is 3.46. The Morgan fingerprint density at radius 3 is 2.35 bits per heavy atom. The topological polar surface area (TPSA) is 69.5 Å². The summed E-state index contributed by atoms with van der Waals surface area (Å²) in [6.45, 7) is 4.71. The predicted molar refractivity (Wildman–Crippen MR) is 108 cm³/mol. The van der Waals surface area contributed by atoms with Crippen molar-refractivity contribution in [3.63, 3.8) is 0 Å². The maximum atomic E-state index is 15.0. The smallest absolute Gasteiger partial charge is 0.420 e. The summed E-state index contributed by atoms with van der Waals surface area (Å²) in [5.41, 5.74) is -3.82. The number of alkyl halides is 3. The van der Waals surface area contributed by atoms with Gasteiger partial charge in [-0.05, 0) is 57.3 Å². The van der Waals surface area contributed by atoms with Gasteiger partial charge in [-0.25, -0.2) is 9.37 Å². The lowest BCUT2D eigenvalue weighted by Gasteiger charge is -2.30. The molecule has 0 atom stereocenters. The van der Waals surface area contributed by atoms with E-state index in [1.165, 1.54) is 31.9 Å². The Labute approximate surface area is 180 Å². The maximum absolute atomic E-state index is 15.0. The first kappa shape index (κ1) is 22.4. The van der Waals surface area contributed by atoms with Crippen LogP contribution in [0.4, 0.5) is 28.9 Å². The average Bonchev–Trinajstić information content (AvgIpc) is 2.85. The molecule has 0 radical (unpaired) electrons. The zero-order valence-electron chi connectivity index (χ0n) is 16.8. The summed E-state index contributed by atoms with van der Waals surface area (Å²) in [5.74, 6) is -2.37. The van der Waals surface area contributed by atoms with Crippen molar-refractivity contribution in [1.29, 1.82) is 5.26 Å². The van der Waals surface area contributed by atoms with Gasteiger partial charge in [0.1, 0.15) is 16.8 Å². The number of hydrogen-bond donors (Lipinski definition) is 0. The maximum Gasteiger partial charge on any atom is 0.420 e. The van der Waals surface area contributed by atoms with Gasteiger partial charge in [-0.2, -0.15) is 18.4 Å². The third-order valence-corrected chi connectivity index (χ3v) is 5.21. The number of halogens is 4. The van der Waals surface area contributed by atoms with E-state index < -0.39 is 40.3 Å². The zero-order valence-corrected chi connectivity index (χ0v) is 17.7. The number of methoxy groups -OCH3 is 1. The lowest BCUT2D eigenvalue weighted by Crippen LogP contribution is -2.44. The Balaban J connectivity index is 2.21. The normalized spacial score (nSPS) is 16.0. The number of aromatic nitrogens is 1. The average molecular weight is 452 g/mol. The summed E-state index contributed by atoms with van der Waals surface area (Å²) in [6.07, 6.45) is -5.14. The van der Waals surface area contributed by atoms with Crippen LogP contribution in [0.25, 0.3) is 0 Å². The highest BCUT2D eigenvalue weighted by Gasteiger charge is 2.52. The Morgan fingerprint density at radius 1 is 1.19 bits per heavy atom. The van der Waals surface area contributed by atoms with Gasteiger partial charge in [0.25, 0.3) is 5.91 Å². The van der Waals surface area contributed by atoms with Crippen molar-refractivity contribution in [3.8, 4) is 11.9 Å². The molecule has 1 aliphatic heterocycles. The largest absolute Gasteiger partial charge is 0.480 e. The van der Waals surface area contributed by atoms with Gasteiger partial charge in [-0.1, -0.05) is 0 Å². The van der Waals surface area contributed by atoms with E-state index in [4.69, 9.17) is 22.2 Å². The number of hydrogen-bond acceptors (Lipinski definition) is 5. The lowest BCUT2D eigenvalue weighted by atomic mass is 10.0. The van der Waals surface area contributed by atoms with Crippen LogP contribution < -0.4 is 14.5 Å². The molecule has 162 valence electrons. The van der Waals surface area contributed by atoms with Gasteiger partial charge >= 0.3 is 6.18 Å². The number of thiocarbonyl (C=S) groups is 1. The first-order chi connectivity index (χ1) is 14.4. The van der Waals surface area contributed by atoms with Crippen LogP contribution in [0.3, 0.4) is 0 Å². The monoisotopic (exact) mass is 452 g/mol. The minimum Gasteiger partial charge on any atom is -0.480 e. The molecule has 1 amide bonds. The lowest BCUT2D eigenvalue weighted by molar-refractivity contribution is -0.140. The Kier molecular flexibility index (Phi) is 5.40. The molecule has 1 fully saturated rings. The number of benzene rings is 1. The fraction of sp³-hybridized carbons (Fsp3) is 0.300. The molecule has 0 unspecified atom stereocenters. The molecule has 0 spiro atoms. The van der Waals surface area contributed by atoms with E-state index in [0.29, 0.717) is 16.3 Å². The number of anilines is 2. The van der Waals surface area contributed by atoms with E-state index in [1.54, 1.807) is 19.1 Å². The van der Waals surface area contributed by atoms with Crippen LogP contribution in [0.2, 0.25) is 0 Å². The number of carbonyl (C=O) groups excluding carboxylic acids is 1. The van der Waals surface area contributed by atoms with E-state index >= 15 is 4.39 Å². The fourth-order valence-electron chi connectivity index (χ4n) is 3.37. The molecule has 1 aromatic carbocycles. The van der Waals surface area contributed by atoms with Gasteiger partial charge < -0.3 is 4.74 Å². The molecule has 0 saturated carbocycles. The number of carbonyl (C=O) groups is 1. The van der Waals surface area contributed by atoms with Crippen molar-refractivity contribution >= 4 is 34.6 Å². The van der Waals surface area contributed by atoms with Crippen molar-refractivity contribution in [2.45, 2.75) is 32.5 Å². The second-order valence-corrected chi connectivity index (χ2v) is 7.59. The molecule has 0 N–H and O–H groups in total. The van der Waals surface area contributed by atoms with Crippen molar-refractivity contribution in [2.75, 3.05) is 16.9 Å². The van der Waals surface area contributed by atoms with E-state index in [9.17, 15) is 18.0 Å². The number of rotatable bonds is 3. The second-order valence-electron chi connectivity index (χ2n) is 7.23. The Hall–Kier alpha value is -3.26. The van der Waals surface area contributed by atoms with Gasteiger partial charge in [-0.15, -0.1) is 0 Å². The van der Waals surface area contributed by atoms with Gasteiger partial charge in [0.05, 0.1) is 24.4 Å². The van der Waals surface area contributed by atoms with Crippen LogP contribution in [0.15, 0.2) is 24.3 Å². The molecule has 31 heavy (non-hydrogen) atoms. The number of ether oxygens (including phenoxy) is 1. The highest BCUT2D eigenvalue weighted by Crippen LogP contribution is 2.43. The van der Waals surface area contributed by atoms with Crippen LogP contribution in [-0.2, 0) is 11.0 Å². The highest BCUT2D eigenvalue weighted by molar-refractivity contribution is 7.81. The van der Waals surface area contributed by atoms with Crippen LogP contribution >= 0.6 is 12.2 Å². The molecular weight excluding hydrogens is 436 g/mol. The van der Waals surface area contributed by atoms with Crippen molar-refractivity contribution in [1.82, 2.24) is 4.98 Å². The Bertz CT molecular complexity index is 1140. The quantitative estimate of drug-likeness (QED) is 0.510. The second kappa shape index (κ2) is 7.46. The molecule has 11 heteroatoms. The summed E-state index contributed by atoms with van der Waals surface area (Å²) in [5, 5.41) is 8.71. The number of pyridine rings is 1. The van der Waals surface area contributed by atoms with E-state index in [-0.39, 0.29) is 11.0 Å². The SMILES string of the molecule is COc1nc(C)ccc1N1C(=S)N(c2ccc(C#N)c(C(F)(F)F)c2F)C(=O)C1(C)C. The molecule has 6 nitrogen and oxygen atoms in total. The first-order valence-electron chi connectivity index (χ1n) is 8.86. The molecule has 0 aliphatic carbocycles. The highest BCUT2D eigenvalue weighted by atomic mass is 32.1. The molecule has 1 aliphatic rings. The number of aryl methyl sites for hydroxylation is 1. The molecule has 1 aromatic heterocycles. The van der Waals surface area contributed by atoms with Gasteiger partial charge in [-0.3, -0.25) is 14.6 Å². The fourth-order valence-corrected chi connectivity index (χ4v) is 3.87. The van der Waals surface area contributed by atoms with Gasteiger partial charge in [0.2, 0.25) is 5.88 Å². The van der Waals surface area contributed by atoms with Crippen LogP contribution in [0.1, 0.15) is 30.7 Å². The van der Waals surface area contributed by atoms with Crippen LogP contribution in [-0.4, -0.2) is 28.7 Å². The molecule has 1 saturated heterocycles. The van der Waals surface area contributed by atoms with Crippen molar-refractivity contribution < 1.29 is 27.1 Å². The van der Waals surface area contributed by atoms with Gasteiger partial charge in [0.15, 0.2) is 10.9 Å². The summed E-state index contributed by atoms with van der Waals surface area (Å²) >= 11 is 5.38. The summed E-state index contributed by atoms with van der Waals surface area (Å²) < 4.78 is 60.6. The minimum atomic E-state index is -5.14. The first-order valence-corrected chi connectivity index (χ1v) is 9.27. The summed E-state index contributed by atoms with van der Waals surface area (Å²) in [4.78, 5) is 19.5. The third-order valence-electron chi connectivity index (χ3n) is 4.85. The summed E-state index contributed by atoms with van der Waals surface area (Å²) in [6, 6.07) is 6.30. The van der Waals surface area contributed by atoms with Crippen LogP contribution in [0.5, 0.6) is 5.88 Å². The van der Waals surface area contributed by atoms with Crippen molar-refractivity contribution in [2.24, 2.45) is 0 Å². The Morgan fingerprint density at radius 2 is 1.81 bits per heavy atom. The summed E-state index contributed by atoms with van der Waals surface area (Å²) in [7, 11) is 1.37. The number of nitrogens with zero attached hydrogens (tertiary/aromatic N) is 4. The molecule has 3 rings (SSSR count). The number of amides is 1. The van der Waals surface area contributed by atoms with E-state index in [1.807, 2.05) is 0 Å². The van der Waals surface area contributed by atoms with Crippen LogP contribution in [0, 0.1) is 24.1 Å². The van der Waals surface area contributed by atoms with E-state index in [0.717, 1.165) is 12.1 Å². The standard InChI is InChI=1S/C20H16F4N4O2S/c1-10-5-7-13(16(26-10)30-4)28-18(31)27(17(29)19(28,2)3)12-8-6-11(9-25)14(15(12)21)20(22,23)24/h5-8H,1-4H3. The predicted octanol–water partition coefficient (Wildman–Crippen LogP) is 4.34. The molecule has 2 aromatic rings. The molecule has 2 heterocycles. The van der Waals surface area contributed by atoms with Crippen molar-refractivity contribution in [3.05, 3.63) is 46.9 Å². The molecular formula is C20H16F4N4O2S.